The number of carboxylic acid groups (broad SMARTS) is 1. The van der Waals surface area contributed by atoms with E-state index >= 15 is 0 Å². The molecule has 1 heterocycles. The first-order valence-electron chi connectivity index (χ1n) is 6.98. The van der Waals surface area contributed by atoms with E-state index in [1.165, 1.54) is 0 Å². The Balaban J connectivity index is 2.41. The van der Waals surface area contributed by atoms with Gasteiger partial charge in [0.1, 0.15) is 0 Å². The normalized spacial score (nSPS) is 22.1. The molecule has 21 heavy (non-hydrogen) atoms. The Bertz CT molecular complexity index is 576. The van der Waals surface area contributed by atoms with Crippen molar-refractivity contribution in [3.05, 3.63) is 28.8 Å². The molecule has 1 fully saturated rings. The van der Waals surface area contributed by atoms with Gasteiger partial charge in [0.15, 0.2) is 0 Å². The third-order valence-electron chi connectivity index (χ3n) is 4.29. The van der Waals surface area contributed by atoms with Crippen LogP contribution in [0.5, 0.6) is 0 Å². The molecule has 1 aliphatic rings. The number of hydrogen-bond donors (Lipinski definition) is 2. The molecule has 114 valence electrons. The minimum Gasteiger partial charge on any atom is -0.481 e. The number of rotatable bonds is 4. The van der Waals surface area contributed by atoms with Crippen molar-refractivity contribution in [2.75, 3.05) is 18.0 Å². The summed E-state index contributed by atoms with van der Waals surface area (Å²) in [7, 11) is 0. The molecule has 0 spiro atoms. The third kappa shape index (κ3) is 2.83. The molecule has 0 bridgehead atoms. The van der Waals surface area contributed by atoms with E-state index in [1.807, 2.05) is 11.8 Å². The zero-order valence-electron chi connectivity index (χ0n) is 11.9. The van der Waals surface area contributed by atoms with Gasteiger partial charge in [-0.05, 0) is 31.4 Å². The molecule has 2 rings (SSSR count). The zero-order chi connectivity index (χ0) is 15.6. The molecule has 3 N–H and O–H groups in total. The molecule has 0 radical (unpaired) electrons. The number of carbonyl (C=O) groups is 2. The molecule has 1 aliphatic heterocycles. The highest BCUT2D eigenvalue weighted by Gasteiger charge is 2.41. The molecule has 6 heteroatoms. The molecule has 5 nitrogen and oxygen atoms in total. The van der Waals surface area contributed by atoms with Crippen LogP contribution in [0.3, 0.4) is 0 Å². The summed E-state index contributed by atoms with van der Waals surface area (Å²) < 4.78 is 0. The fourth-order valence-electron chi connectivity index (χ4n) is 2.97. The van der Waals surface area contributed by atoms with Crippen molar-refractivity contribution in [2.45, 2.75) is 26.2 Å². The minimum atomic E-state index is -0.794. The van der Waals surface area contributed by atoms with E-state index in [9.17, 15) is 14.7 Å². The number of halogens is 1. The summed E-state index contributed by atoms with van der Waals surface area (Å²) in [5.41, 5.74) is 5.51. The van der Waals surface area contributed by atoms with Gasteiger partial charge in [-0.2, -0.15) is 0 Å². The lowest BCUT2D eigenvalue weighted by atomic mass is 9.77. The first kappa shape index (κ1) is 15.6. The van der Waals surface area contributed by atoms with Crippen molar-refractivity contribution < 1.29 is 14.7 Å². The van der Waals surface area contributed by atoms with Crippen LogP contribution in [0.2, 0.25) is 5.02 Å². The van der Waals surface area contributed by atoms with Gasteiger partial charge in [0.2, 0.25) is 0 Å². The highest BCUT2D eigenvalue weighted by molar-refractivity contribution is 6.34. The van der Waals surface area contributed by atoms with E-state index in [-0.39, 0.29) is 5.56 Å². The average molecular weight is 311 g/mol. The average Bonchev–Trinajstić information content (AvgIpc) is 2.46. The highest BCUT2D eigenvalue weighted by atomic mass is 35.5. The molecule has 1 amide bonds. The van der Waals surface area contributed by atoms with Gasteiger partial charge < -0.3 is 15.7 Å². The molecule has 1 aromatic rings. The third-order valence-corrected chi connectivity index (χ3v) is 4.60. The standard InChI is InChI=1S/C15H19ClN2O3/c1-2-15(14(20)21)7-4-8-18(9-15)11-6-3-5-10(16)12(11)13(17)19/h3,5-6H,2,4,7-9H2,1H3,(H2,17,19)(H,20,21). The van der Waals surface area contributed by atoms with E-state index in [0.717, 1.165) is 6.42 Å². The Labute approximate surface area is 128 Å². The van der Waals surface area contributed by atoms with Gasteiger partial charge in [-0.3, -0.25) is 9.59 Å². The lowest BCUT2D eigenvalue weighted by Crippen LogP contribution is -2.48. The summed E-state index contributed by atoms with van der Waals surface area (Å²) in [6, 6.07) is 5.12. The Hall–Kier alpha value is -1.75. The maximum Gasteiger partial charge on any atom is 0.311 e. The molecule has 0 saturated carbocycles. The van der Waals surface area contributed by atoms with Crippen LogP contribution >= 0.6 is 11.6 Å². The van der Waals surface area contributed by atoms with Crippen LogP contribution in [0.1, 0.15) is 36.5 Å². The van der Waals surface area contributed by atoms with E-state index in [0.29, 0.717) is 36.6 Å². The van der Waals surface area contributed by atoms with Gasteiger partial charge in [-0.15, -0.1) is 0 Å². The number of anilines is 1. The van der Waals surface area contributed by atoms with Crippen LogP contribution in [0.15, 0.2) is 18.2 Å². The molecule has 1 atom stereocenters. The monoisotopic (exact) mass is 310 g/mol. The Morgan fingerprint density at radius 3 is 2.76 bits per heavy atom. The zero-order valence-corrected chi connectivity index (χ0v) is 12.7. The maximum atomic E-state index is 11.6. The van der Waals surface area contributed by atoms with Crippen LogP contribution < -0.4 is 10.6 Å². The minimum absolute atomic E-state index is 0.261. The second kappa shape index (κ2) is 5.93. The topological polar surface area (TPSA) is 83.6 Å². The first-order valence-corrected chi connectivity index (χ1v) is 7.36. The van der Waals surface area contributed by atoms with E-state index in [1.54, 1.807) is 18.2 Å². The van der Waals surface area contributed by atoms with Crippen LogP contribution in [0.4, 0.5) is 5.69 Å². The largest absolute Gasteiger partial charge is 0.481 e. The maximum absolute atomic E-state index is 11.6. The lowest BCUT2D eigenvalue weighted by molar-refractivity contribution is -0.149. The lowest BCUT2D eigenvalue weighted by Gasteiger charge is -2.41. The summed E-state index contributed by atoms with van der Waals surface area (Å²) in [5.74, 6) is -1.39. The van der Waals surface area contributed by atoms with Crippen molar-refractivity contribution in [2.24, 2.45) is 11.1 Å². The number of benzene rings is 1. The molecular weight excluding hydrogens is 292 g/mol. The van der Waals surface area contributed by atoms with Crippen molar-refractivity contribution in [1.82, 2.24) is 0 Å². The summed E-state index contributed by atoms with van der Waals surface area (Å²) in [5, 5.41) is 9.84. The van der Waals surface area contributed by atoms with Crippen molar-refractivity contribution in [3.8, 4) is 0 Å². The van der Waals surface area contributed by atoms with Crippen molar-refractivity contribution in [1.29, 1.82) is 0 Å². The van der Waals surface area contributed by atoms with Gasteiger partial charge in [-0.25, -0.2) is 0 Å². The van der Waals surface area contributed by atoms with E-state index in [4.69, 9.17) is 17.3 Å². The quantitative estimate of drug-likeness (QED) is 0.895. The van der Waals surface area contributed by atoms with Crippen LogP contribution in [-0.4, -0.2) is 30.1 Å². The van der Waals surface area contributed by atoms with E-state index in [2.05, 4.69) is 0 Å². The van der Waals surface area contributed by atoms with Gasteiger partial charge >= 0.3 is 5.97 Å². The van der Waals surface area contributed by atoms with Crippen LogP contribution in [-0.2, 0) is 4.79 Å². The Morgan fingerprint density at radius 2 is 2.19 bits per heavy atom. The Morgan fingerprint density at radius 1 is 1.48 bits per heavy atom. The van der Waals surface area contributed by atoms with Crippen molar-refractivity contribution in [3.63, 3.8) is 0 Å². The summed E-state index contributed by atoms with van der Waals surface area (Å²) in [6.45, 7) is 2.93. The van der Waals surface area contributed by atoms with Gasteiger partial charge in [0, 0.05) is 13.1 Å². The molecule has 1 saturated heterocycles. The van der Waals surface area contributed by atoms with Gasteiger partial charge in [0.05, 0.1) is 21.7 Å². The number of primary amides is 1. The molecule has 0 aliphatic carbocycles. The fraction of sp³-hybridized carbons (Fsp3) is 0.467. The number of amides is 1. The molecule has 1 aromatic carbocycles. The second-order valence-corrected chi connectivity index (χ2v) is 5.87. The van der Waals surface area contributed by atoms with Crippen LogP contribution in [0, 0.1) is 5.41 Å². The number of nitrogens with zero attached hydrogens (tertiary/aromatic N) is 1. The fourth-order valence-corrected chi connectivity index (χ4v) is 3.23. The van der Waals surface area contributed by atoms with Gasteiger partial charge in [-0.1, -0.05) is 24.6 Å². The first-order chi connectivity index (χ1) is 9.91. The van der Waals surface area contributed by atoms with Crippen molar-refractivity contribution >= 4 is 29.2 Å². The Kier molecular flexibility index (Phi) is 4.42. The number of nitrogens with two attached hydrogens (primary N) is 1. The summed E-state index contributed by atoms with van der Waals surface area (Å²) in [6.07, 6.45) is 1.94. The smallest absolute Gasteiger partial charge is 0.311 e. The summed E-state index contributed by atoms with van der Waals surface area (Å²) >= 11 is 6.07. The predicted molar refractivity (Wildman–Crippen MR) is 81.8 cm³/mol. The van der Waals surface area contributed by atoms with E-state index < -0.39 is 17.3 Å². The highest BCUT2D eigenvalue weighted by Crippen LogP contribution is 2.37. The molecular formula is C15H19ClN2O3. The van der Waals surface area contributed by atoms with Crippen LogP contribution in [0.25, 0.3) is 0 Å². The SMILES string of the molecule is CCC1(C(=O)O)CCCN(c2cccc(Cl)c2C(N)=O)C1. The second-order valence-electron chi connectivity index (χ2n) is 5.46. The summed E-state index contributed by atoms with van der Waals surface area (Å²) in [4.78, 5) is 25.2. The number of carboxylic acids is 1. The predicted octanol–water partition coefficient (Wildman–Crippen LogP) is 2.52. The molecule has 0 aromatic heterocycles. The number of carbonyl (C=O) groups excluding carboxylic acids is 1. The molecule has 1 unspecified atom stereocenters. The number of hydrogen-bond acceptors (Lipinski definition) is 3. The number of piperidine rings is 1. The number of aliphatic carboxylic acids is 1. The van der Waals surface area contributed by atoms with Gasteiger partial charge in [0.25, 0.3) is 5.91 Å².